The summed E-state index contributed by atoms with van der Waals surface area (Å²) in [6.45, 7) is 0.180. The first-order chi connectivity index (χ1) is 11.1. The molecule has 23 heavy (non-hydrogen) atoms. The fraction of sp³-hybridized carbons (Fsp3) is 0.118. The van der Waals surface area contributed by atoms with Gasteiger partial charge in [-0.2, -0.15) is 0 Å². The minimum Gasteiger partial charge on any atom is -0.468 e. The molecule has 2 aromatic rings. The maximum absolute atomic E-state index is 13.7. The average molecular weight is 427 g/mol. The number of rotatable bonds is 6. The van der Waals surface area contributed by atoms with Crippen LogP contribution in [0.2, 0.25) is 0 Å². The number of ether oxygens (including phenoxy) is 2. The van der Waals surface area contributed by atoms with E-state index in [4.69, 9.17) is 9.47 Å². The van der Waals surface area contributed by atoms with Gasteiger partial charge < -0.3 is 14.8 Å². The van der Waals surface area contributed by atoms with Gasteiger partial charge in [0.05, 0.1) is 5.69 Å². The molecule has 1 amide bonds. The third-order valence-corrected chi connectivity index (χ3v) is 3.51. The summed E-state index contributed by atoms with van der Waals surface area (Å²) in [6.07, 6.45) is 2.99. The number of carbonyl (C=O) groups excluding carboxylic acids is 1. The van der Waals surface area contributed by atoms with Crippen LogP contribution in [0.3, 0.4) is 0 Å². The highest BCUT2D eigenvalue weighted by atomic mass is 127. The highest BCUT2D eigenvalue weighted by molar-refractivity contribution is 14.1. The molecule has 4 nitrogen and oxygen atoms in total. The fourth-order valence-electron chi connectivity index (χ4n) is 1.74. The van der Waals surface area contributed by atoms with Gasteiger partial charge >= 0.3 is 0 Å². The second kappa shape index (κ2) is 8.64. The van der Waals surface area contributed by atoms with E-state index in [0.29, 0.717) is 5.75 Å². The maximum atomic E-state index is 13.7. The molecule has 0 aromatic heterocycles. The molecular weight excluding hydrogens is 412 g/mol. The van der Waals surface area contributed by atoms with Gasteiger partial charge in [-0.05, 0) is 64.6 Å². The molecule has 2 rings (SSSR count). The standard InChI is InChI=1S/C17H15FINO3/c1-22-11-23-14-6-2-12(3-7-14)4-9-17(21)20-16-8-5-13(19)10-15(16)18/h2-10H,11H2,1H3,(H,20,21)/b9-4+. The Hall–Kier alpha value is -1.93. The van der Waals surface area contributed by atoms with Crippen LogP contribution in [0.25, 0.3) is 6.08 Å². The highest BCUT2D eigenvalue weighted by Crippen LogP contribution is 2.17. The van der Waals surface area contributed by atoms with Gasteiger partial charge in [-0.3, -0.25) is 4.79 Å². The van der Waals surface area contributed by atoms with E-state index in [0.717, 1.165) is 9.13 Å². The molecule has 0 radical (unpaired) electrons. The van der Waals surface area contributed by atoms with Crippen LogP contribution in [-0.4, -0.2) is 19.8 Å². The lowest BCUT2D eigenvalue weighted by Gasteiger charge is -2.05. The summed E-state index contributed by atoms with van der Waals surface area (Å²) in [4.78, 5) is 11.8. The van der Waals surface area contributed by atoms with Crippen LogP contribution in [0.4, 0.5) is 10.1 Å². The minimum absolute atomic E-state index is 0.156. The zero-order valence-electron chi connectivity index (χ0n) is 12.4. The minimum atomic E-state index is -0.460. The Morgan fingerprint density at radius 1 is 1.26 bits per heavy atom. The summed E-state index contributed by atoms with van der Waals surface area (Å²) in [5.74, 6) is -0.183. The molecule has 0 spiro atoms. The second-order valence-corrected chi connectivity index (χ2v) is 5.81. The van der Waals surface area contributed by atoms with E-state index < -0.39 is 11.7 Å². The predicted octanol–water partition coefficient (Wildman–Crippen LogP) is 4.06. The largest absolute Gasteiger partial charge is 0.468 e. The van der Waals surface area contributed by atoms with Gasteiger partial charge in [0.2, 0.25) is 5.91 Å². The summed E-state index contributed by atoms with van der Waals surface area (Å²) in [5.41, 5.74) is 0.983. The molecule has 0 aliphatic rings. The molecule has 0 heterocycles. The first kappa shape index (κ1) is 17.4. The van der Waals surface area contributed by atoms with Crippen molar-refractivity contribution in [3.8, 4) is 5.75 Å². The first-order valence-corrected chi connectivity index (χ1v) is 7.82. The van der Waals surface area contributed by atoms with Crippen LogP contribution in [-0.2, 0) is 9.53 Å². The van der Waals surface area contributed by atoms with Crippen LogP contribution in [0, 0.1) is 9.39 Å². The van der Waals surface area contributed by atoms with Crippen LogP contribution < -0.4 is 10.1 Å². The number of amides is 1. The molecule has 0 saturated carbocycles. The molecule has 2 aromatic carbocycles. The quantitative estimate of drug-likeness (QED) is 0.430. The molecule has 0 fully saturated rings. The number of benzene rings is 2. The molecule has 6 heteroatoms. The van der Waals surface area contributed by atoms with Crippen LogP contribution in [0.15, 0.2) is 48.5 Å². The van der Waals surface area contributed by atoms with E-state index >= 15 is 0 Å². The van der Waals surface area contributed by atoms with Crippen molar-refractivity contribution in [1.82, 2.24) is 0 Å². The van der Waals surface area contributed by atoms with Gasteiger partial charge in [-0.15, -0.1) is 0 Å². The Labute approximate surface area is 147 Å². The lowest BCUT2D eigenvalue weighted by atomic mass is 10.2. The summed E-state index contributed by atoms with van der Waals surface area (Å²) in [7, 11) is 1.55. The number of halogens is 2. The van der Waals surface area contributed by atoms with Crippen molar-refractivity contribution in [3.05, 3.63) is 63.5 Å². The molecule has 1 N–H and O–H groups in total. The van der Waals surface area contributed by atoms with Gasteiger partial charge in [-0.25, -0.2) is 4.39 Å². The zero-order valence-corrected chi connectivity index (χ0v) is 14.5. The number of methoxy groups -OCH3 is 1. The van der Waals surface area contributed by atoms with Gasteiger partial charge in [0.1, 0.15) is 11.6 Å². The Kier molecular flexibility index (Phi) is 6.54. The van der Waals surface area contributed by atoms with Gasteiger partial charge in [0, 0.05) is 16.8 Å². The van der Waals surface area contributed by atoms with E-state index in [9.17, 15) is 9.18 Å². The number of carbonyl (C=O) groups is 1. The van der Waals surface area contributed by atoms with Gasteiger partial charge in [0.25, 0.3) is 0 Å². The molecule has 0 saturated heterocycles. The number of nitrogens with one attached hydrogen (secondary N) is 1. The second-order valence-electron chi connectivity index (χ2n) is 4.57. The Bertz CT molecular complexity index is 701. The number of anilines is 1. The predicted molar refractivity (Wildman–Crippen MR) is 95.7 cm³/mol. The highest BCUT2D eigenvalue weighted by Gasteiger charge is 2.04. The van der Waals surface area contributed by atoms with Crippen LogP contribution in [0.1, 0.15) is 5.56 Å². The molecule has 0 aliphatic carbocycles. The maximum Gasteiger partial charge on any atom is 0.248 e. The van der Waals surface area contributed by atoms with E-state index in [2.05, 4.69) is 5.32 Å². The van der Waals surface area contributed by atoms with E-state index in [1.165, 1.54) is 18.2 Å². The molecular formula is C17H15FINO3. The summed E-state index contributed by atoms with van der Waals surface area (Å²) in [6, 6.07) is 11.8. The Morgan fingerprint density at radius 3 is 2.65 bits per heavy atom. The third kappa shape index (κ3) is 5.65. The number of hydrogen-bond donors (Lipinski definition) is 1. The molecule has 0 bridgehead atoms. The smallest absolute Gasteiger partial charge is 0.248 e. The van der Waals surface area contributed by atoms with Crippen molar-refractivity contribution >= 4 is 40.3 Å². The Balaban J connectivity index is 1.95. The van der Waals surface area contributed by atoms with Crippen molar-refractivity contribution in [3.63, 3.8) is 0 Å². The van der Waals surface area contributed by atoms with Crippen molar-refractivity contribution < 1.29 is 18.7 Å². The summed E-state index contributed by atoms with van der Waals surface area (Å²) >= 11 is 2.01. The van der Waals surface area contributed by atoms with Crippen LogP contribution >= 0.6 is 22.6 Å². The molecule has 0 atom stereocenters. The molecule has 120 valence electrons. The zero-order chi connectivity index (χ0) is 16.7. The van der Waals surface area contributed by atoms with Crippen molar-refractivity contribution in [1.29, 1.82) is 0 Å². The van der Waals surface area contributed by atoms with E-state index in [1.54, 1.807) is 43.5 Å². The topological polar surface area (TPSA) is 47.6 Å². The summed E-state index contributed by atoms with van der Waals surface area (Å²) < 4.78 is 24.5. The lowest BCUT2D eigenvalue weighted by Crippen LogP contribution is -2.09. The SMILES string of the molecule is COCOc1ccc(/C=C/C(=O)Nc2ccc(I)cc2F)cc1. The number of hydrogen-bond acceptors (Lipinski definition) is 3. The lowest BCUT2D eigenvalue weighted by molar-refractivity contribution is -0.111. The Morgan fingerprint density at radius 2 is 2.00 bits per heavy atom. The summed E-state index contributed by atoms with van der Waals surface area (Å²) in [5, 5.41) is 2.50. The van der Waals surface area contributed by atoms with Crippen LogP contribution in [0.5, 0.6) is 5.75 Å². The molecule has 0 unspecified atom stereocenters. The normalized spacial score (nSPS) is 10.7. The average Bonchev–Trinajstić information content (AvgIpc) is 2.54. The van der Waals surface area contributed by atoms with Gasteiger partial charge in [-0.1, -0.05) is 12.1 Å². The first-order valence-electron chi connectivity index (χ1n) is 6.74. The molecule has 0 aliphatic heterocycles. The van der Waals surface area contributed by atoms with Crippen molar-refractivity contribution in [2.75, 3.05) is 19.2 Å². The third-order valence-electron chi connectivity index (χ3n) is 2.84. The van der Waals surface area contributed by atoms with E-state index in [-0.39, 0.29) is 12.5 Å². The van der Waals surface area contributed by atoms with Gasteiger partial charge in [0.15, 0.2) is 6.79 Å². The fourth-order valence-corrected chi connectivity index (χ4v) is 2.19. The monoisotopic (exact) mass is 427 g/mol. The van der Waals surface area contributed by atoms with E-state index in [1.807, 2.05) is 22.6 Å². The van der Waals surface area contributed by atoms with Crippen molar-refractivity contribution in [2.45, 2.75) is 0 Å². The van der Waals surface area contributed by atoms with Crippen molar-refractivity contribution in [2.24, 2.45) is 0 Å².